The molecule has 0 aliphatic heterocycles. The van der Waals surface area contributed by atoms with Crippen LogP contribution in [0.3, 0.4) is 0 Å². The van der Waals surface area contributed by atoms with Gasteiger partial charge in [0.05, 0.1) is 18.4 Å². The number of aryl methyl sites for hydroxylation is 1. The van der Waals surface area contributed by atoms with Crippen LogP contribution in [0.4, 0.5) is 11.6 Å². The van der Waals surface area contributed by atoms with Crippen LogP contribution in [-0.4, -0.2) is 15.9 Å². The summed E-state index contributed by atoms with van der Waals surface area (Å²) in [5, 5.41) is 5.85. The second kappa shape index (κ2) is 7.27. The quantitative estimate of drug-likeness (QED) is 0.692. The first kappa shape index (κ1) is 16.2. The first-order valence-corrected chi connectivity index (χ1v) is 8.07. The normalized spacial score (nSPS) is 10.4. The van der Waals surface area contributed by atoms with E-state index in [0.717, 1.165) is 21.5 Å². The van der Waals surface area contributed by atoms with Crippen molar-refractivity contribution in [2.24, 2.45) is 0 Å². The van der Waals surface area contributed by atoms with E-state index in [1.807, 2.05) is 37.3 Å². The predicted octanol–water partition coefficient (Wildman–Crippen LogP) is 4.00. The minimum atomic E-state index is -0.255. The van der Waals surface area contributed by atoms with Crippen molar-refractivity contribution in [3.63, 3.8) is 0 Å². The number of halogens is 1. The van der Waals surface area contributed by atoms with Crippen LogP contribution in [0.1, 0.15) is 21.7 Å². The lowest BCUT2D eigenvalue weighted by Crippen LogP contribution is -2.13. The number of carbonyl (C=O) groups is 1. The van der Waals surface area contributed by atoms with Crippen molar-refractivity contribution in [3.8, 4) is 0 Å². The standard InChI is InChI=1S/C17H15BrN4O2/c1-11-7-13(4-5-15(11)18)22-16(23)12-8-19-17(20-9-12)21-10-14-3-2-6-24-14/h2-9H,10H2,1H3,(H,22,23)(H,19,20,21). The van der Waals surface area contributed by atoms with Gasteiger partial charge in [-0.15, -0.1) is 0 Å². The summed E-state index contributed by atoms with van der Waals surface area (Å²) >= 11 is 3.43. The fraction of sp³-hybridized carbons (Fsp3) is 0.118. The molecule has 0 bridgehead atoms. The number of furan rings is 1. The zero-order valence-corrected chi connectivity index (χ0v) is 14.5. The van der Waals surface area contributed by atoms with Gasteiger partial charge in [-0.05, 0) is 42.8 Å². The number of nitrogens with zero attached hydrogens (tertiary/aromatic N) is 2. The minimum Gasteiger partial charge on any atom is -0.467 e. The van der Waals surface area contributed by atoms with E-state index in [1.165, 1.54) is 12.4 Å². The topological polar surface area (TPSA) is 80.0 Å². The maximum absolute atomic E-state index is 12.2. The lowest BCUT2D eigenvalue weighted by molar-refractivity contribution is 0.102. The van der Waals surface area contributed by atoms with Gasteiger partial charge in [-0.1, -0.05) is 15.9 Å². The smallest absolute Gasteiger partial charge is 0.258 e. The van der Waals surface area contributed by atoms with Crippen LogP contribution in [0.15, 0.2) is 57.9 Å². The van der Waals surface area contributed by atoms with E-state index in [2.05, 4.69) is 36.5 Å². The van der Waals surface area contributed by atoms with Crippen LogP contribution in [0.25, 0.3) is 0 Å². The van der Waals surface area contributed by atoms with Gasteiger partial charge in [0.1, 0.15) is 5.76 Å². The number of amides is 1. The molecule has 24 heavy (non-hydrogen) atoms. The van der Waals surface area contributed by atoms with E-state index >= 15 is 0 Å². The third kappa shape index (κ3) is 3.99. The Morgan fingerprint density at radius 3 is 2.71 bits per heavy atom. The molecule has 7 heteroatoms. The molecule has 0 unspecified atom stereocenters. The van der Waals surface area contributed by atoms with Crippen molar-refractivity contribution >= 4 is 33.5 Å². The maximum atomic E-state index is 12.2. The van der Waals surface area contributed by atoms with E-state index in [9.17, 15) is 4.79 Å². The largest absolute Gasteiger partial charge is 0.467 e. The van der Waals surface area contributed by atoms with E-state index in [-0.39, 0.29) is 5.91 Å². The second-order valence-corrected chi connectivity index (χ2v) is 6.00. The van der Waals surface area contributed by atoms with Crippen LogP contribution in [-0.2, 0) is 6.54 Å². The highest BCUT2D eigenvalue weighted by atomic mass is 79.9. The summed E-state index contributed by atoms with van der Waals surface area (Å²) in [6, 6.07) is 9.28. The number of rotatable bonds is 5. The van der Waals surface area contributed by atoms with Gasteiger partial charge in [0.2, 0.25) is 5.95 Å². The molecular weight excluding hydrogens is 372 g/mol. The monoisotopic (exact) mass is 386 g/mol. The SMILES string of the molecule is Cc1cc(NC(=O)c2cnc(NCc3ccco3)nc2)ccc1Br. The van der Waals surface area contributed by atoms with Gasteiger partial charge < -0.3 is 15.1 Å². The predicted molar refractivity (Wildman–Crippen MR) is 94.9 cm³/mol. The van der Waals surface area contributed by atoms with Crippen LogP contribution >= 0.6 is 15.9 Å². The summed E-state index contributed by atoms with van der Waals surface area (Å²) in [5.41, 5.74) is 2.15. The van der Waals surface area contributed by atoms with Crippen molar-refractivity contribution in [2.45, 2.75) is 13.5 Å². The van der Waals surface area contributed by atoms with Crippen molar-refractivity contribution in [3.05, 3.63) is 70.3 Å². The van der Waals surface area contributed by atoms with Gasteiger partial charge in [0.25, 0.3) is 5.91 Å². The zero-order valence-electron chi connectivity index (χ0n) is 12.9. The van der Waals surface area contributed by atoms with E-state index in [1.54, 1.807) is 6.26 Å². The zero-order chi connectivity index (χ0) is 16.9. The number of hydrogen-bond donors (Lipinski definition) is 2. The lowest BCUT2D eigenvalue weighted by atomic mass is 10.2. The highest BCUT2D eigenvalue weighted by Gasteiger charge is 2.08. The molecule has 1 amide bonds. The highest BCUT2D eigenvalue weighted by molar-refractivity contribution is 9.10. The lowest BCUT2D eigenvalue weighted by Gasteiger charge is -2.07. The summed E-state index contributed by atoms with van der Waals surface area (Å²) in [6.07, 6.45) is 4.58. The summed E-state index contributed by atoms with van der Waals surface area (Å²) in [7, 11) is 0. The molecule has 2 heterocycles. The molecule has 0 spiro atoms. The number of nitrogens with one attached hydrogen (secondary N) is 2. The maximum Gasteiger partial charge on any atom is 0.258 e. The Bertz CT molecular complexity index is 832. The summed E-state index contributed by atoms with van der Waals surface area (Å²) in [4.78, 5) is 20.5. The van der Waals surface area contributed by atoms with Crippen molar-refractivity contribution in [2.75, 3.05) is 10.6 Å². The molecule has 0 saturated carbocycles. The second-order valence-electron chi connectivity index (χ2n) is 5.15. The van der Waals surface area contributed by atoms with Crippen LogP contribution in [0, 0.1) is 6.92 Å². The fourth-order valence-corrected chi connectivity index (χ4v) is 2.29. The molecule has 3 aromatic rings. The molecule has 0 fully saturated rings. The van der Waals surface area contributed by atoms with Gasteiger partial charge in [-0.3, -0.25) is 4.79 Å². The Morgan fingerprint density at radius 1 is 1.25 bits per heavy atom. The number of anilines is 2. The van der Waals surface area contributed by atoms with E-state index < -0.39 is 0 Å². The molecule has 0 aliphatic rings. The molecule has 1 aromatic carbocycles. The Kier molecular flexibility index (Phi) is 4.90. The first-order chi connectivity index (χ1) is 11.6. The van der Waals surface area contributed by atoms with Gasteiger partial charge in [0, 0.05) is 22.6 Å². The Hall–Kier alpha value is -2.67. The summed E-state index contributed by atoms with van der Waals surface area (Å²) in [6.45, 7) is 2.44. The molecule has 0 atom stereocenters. The number of hydrogen-bond acceptors (Lipinski definition) is 5. The third-order valence-electron chi connectivity index (χ3n) is 3.33. The fourth-order valence-electron chi connectivity index (χ4n) is 2.04. The Balaban J connectivity index is 1.61. The number of aromatic nitrogens is 2. The van der Waals surface area contributed by atoms with Crippen LogP contribution in [0.5, 0.6) is 0 Å². The average molecular weight is 387 g/mol. The van der Waals surface area contributed by atoms with Crippen molar-refractivity contribution in [1.82, 2.24) is 9.97 Å². The average Bonchev–Trinajstić information content (AvgIpc) is 3.10. The molecule has 0 radical (unpaired) electrons. The molecule has 3 rings (SSSR count). The molecular formula is C17H15BrN4O2. The minimum absolute atomic E-state index is 0.255. The van der Waals surface area contributed by atoms with Gasteiger partial charge in [-0.25, -0.2) is 9.97 Å². The molecule has 0 saturated heterocycles. The number of carbonyl (C=O) groups excluding carboxylic acids is 1. The highest BCUT2D eigenvalue weighted by Crippen LogP contribution is 2.20. The Morgan fingerprint density at radius 2 is 2.04 bits per heavy atom. The molecule has 2 aromatic heterocycles. The van der Waals surface area contributed by atoms with E-state index in [0.29, 0.717) is 18.1 Å². The summed E-state index contributed by atoms with van der Waals surface area (Å²) in [5.74, 6) is 0.961. The van der Waals surface area contributed by atoms with Crippen LogP contribution < -0.4 is 10.6 Å². The number of benzene rings is 1. The Labute approximate surface area is 147 Å². The van der Waals surface area contributed by atoms with Gasteiger partial charge in [-0.2, -0.15) is 0 Å². The first-order valence-electron chi connectivity index (χ1n) is 7.27. The van der Waals surface area contributed by atoms with Crippen molar-refractivity contribution < 1.29 is 9.21 Å². The molecule has 6 nitrogen and oxygen atoms in total. The summed E-state index contributed by atoms with van der Waals surface area (Å²) < 4.78 is 6.21. The molecule has 0 aliphatic carbocycles. The van der Waals surface area contributed by atoms with E-state index in [4.69, 9.17) is 4.42 Å². The third-order valence-corrected chi connectivity index (χ3v) is 4.22. The van der Waals surface area contributed by atoms with Crippen molar-refractivity contribution in [1.29, 1.82) is 0 Å². The van der Waals surface area contributed by atoms with Gasteiger partial charge >= 0.3 is 0 Å². The van der Waals surface area contributed by atoms with Crippen LogP contribution in [0.2, 0.25) is 0 Å². The molecule has 2 N–H and O–H groups in total. The molecule has 122 valence electrons. The van der Waals surface area contributed by atoms with Gasteiger partial charge in [0.15, 0.2) is 0 Å².